The molecule has 0 aliphatic heterocycles. The quantitative estimate of drug-likeness (QED) is 0.393. The monoisotopic (exact) mass is 352 g/mol. The highest BCUT2D eigenvalue weighted by atomic mass is 19.1. The molecule has 1 atom stereocenters. The van der Waals surface area contributed by atoms with E-state index in [2.05, 4.69) is 15.3 Å². The van der Waals surface area contributed by atoms with E-state index in [1.807, 2.05) is 19.1 Å². The first-order valence-electron chi connectivity index (χ1n) is 8.05. The molecule has 3 aromatic rings. The van der Waals surface area contributed by atoms with Crippen LogP contribution in [-0.2, 0) is 0 Å². The number of furan rings is 1. The lowest BCUT2D eigenvalue weighted by Crippen LogP contribution is -2.18. The first kappa shape index (κ1) is 17.5. The van der Waals surface area contributed by atoms with Crippen LogP contribution < -0.4 is 5.32 Å². The van der Waals surface area contributed by atoms with E-state index in [1.165, 1.54) is 19.2 Å². The number of fused-ring (bicyclic) bond motifs is 1. The second kappa shape index (κ2) is 6.90. The Labute approximate surface area is 149 Å². The molecule has 0 bridgehead atoms. The van der Waals surface area contributed by atoms with Gasteiger partial charge in [0.05, 0.1) is 11.6 Å². The summed E-state index contributed by atoms with van der Waals surface area (Å²) in [5, 5.41) is 6.97. The normalized spacial score (nSPS) is 11.8. The molecule has 6 nitrogen and oxygen atoms in total. The Morgan fingerprint density at radius 3 is 2.62 bits per heavy atom. The van der Waals surface area contributed by atoms with Gasteiger partial charge in [0.1, 0.15) is 17.2 Å². The lowest BCUT2D eigenvalue weighted by atomic mass is 9.98. The molecule has 0 fully saturated rings. The Hall–Kier alpha value is -3.31. The van der Waals surface area contributed by atoms with Gasteiger partial charge < -0.3 is 9.73 Å². The predicted octanol–water partition coefficient (Wildman–Crippen LogP) is 5.28. The molecule has 132 valence electrons. The molecule has 0 aliphatic carbocycles. The van der Waals surface area contributed by atoms with E-state index in [0.717, 1.165) is 11.1 Å². The number of carbonyl (C=O) groups is 1. The van der Waals surface area contributed by atoms with Gasteiger partial charge >= 0.3 is 0 Å². The van der Waals surface area contributed by atoms with Crippen molar-refractivity contribution in [2.45, 2.75) is 19.9 Å². The number of rotatable bonds is 4. The molecule has 2 aromatic carbocycles. The molecule has 0 saturated heterocycles. The van der Waals surface area contributed by atoms with Crippen molar-refractivity contribution in [2.75, 3.05) is 7.05 Å². The maximum atomic E-state index is 13.2. The van der Waals surface area contributed by atoms with Crippen LogP contribution in [0.5, 0.6) is 0 Å². The Morgan fingerprint density at radius 2 is 2.00 bits per heavy atom. The smallest absolute Gasteiger partial charge is 0.255 e. The molecule has 0 radical (unpaired) electrons. The highest BCUT2D eigenvalue weighted by molar-refractivity contribution is 6.11. The molecule has 26 heavy (non-hydrogen) atoms. The van der Waals surface area contributed by atoms with Gasteiger partial charge in [-0.2, -0.15) is 0 Å². The minimum absolute atomic E-state index is 0.311. The fourth-order valence-electron chi connectivity index (χ4n) is 3.01. The van der Waals surface area contributed by atoms with Crippen molar-refractivity contribution in [3.05, 3.63) is 69.3 Å². The van der Waals surface area contributed by atoms with Crippen LogP contribution in [0.3, 0.4) is 0 Å². The lowest BCUT2D eigenvalue weighted by Gasteiger charge is -2.09. The van der Waals surface area contributed by atoms with E-state index >= 15 is 0 Å². The predicted molar refractivity (Wildman–Crippen MR) is 97.3 cm³/mol. The molecule has 7 heteroatoms. The van der Waals surface area contributed by atoms with Gasteiger partial charge in [-0.15, -0.1) is 0 Å². The second-order valence-electron chi connectivity index (χ2n) is 5.98. The maximum absolute atomic E-state index is 13.2. The largest absolute Gasteiger partial charge is 0.455 e. The number of azide groups is 1. The van der Waals surface area contributed by atoms with Crippen LogP contribution in [-0.4, -0.2) is 13.0 Å². The molecule has 1 unspecified atom stereocenters. The van der Waals surface area contributed by atoms with Crippen molar-refractivity contribution >= 4 is 16.9 Å². The average molecular weight is 352 g/mol. The number of nitrogens with zero attached hydrogens (tertiary/aromatic N) is 3. The summed E-state index contributed by atoms with van der Waals surface area (Å²) >= 11 is 0. The Kier molecular flexibility index (Phi) is 4.65. The number of benzene rings is 2. The molecule has 0 spiro atoms. The number of hydrogen-bond acceptors (Lipinski definition) is 3. The molecular formula is C19H17FN4O2. The molecule has 1 aromatic heterocycles. The number of amides is 1. The number of hydrogen-bond donors (Lipinski definition) is 1. The summed E-state index contributed by atoms with van der Waals surface area (Å²) < 4.78 is 19.2. The van der Waals surface area contributed by atoms with Gasteiger partial charge in [0.25, 0.3) is 5.91 Å². The van der Waals surface area contributed by atoms with Gasteiger partial charge in [0, 0.05) is 22.9 Å². The van der Waals surface area contributed by atoms with Crippen molar-refractivity contribution in [1.82, 2.24) is 5.32 Å². The highest BCUT2D eigenvalue weighted by Crippen LogP contribution is 2.36. The molecule has 0 aliphatic rings. The van der Waals surface area contributed by atoms with Gasteiger partial charge in [-0.05, 0) is 60.0 Å². The minimum Gasteiger partial charge on any atom is -0.455 e. The third-order valence-corrected chi connectivity index (χ3v) is 4.31. The first-order chi connectivity index (χ1) is 12.5. The van der Waals surface area contributed by atoms with Crippen LogP contribution in [0.2, 0.25) is 0 Å². The summed E-state index contributed by atoms with van der Waals surface area (Å²) in [5.74, 6) is -0.311. The Morgan fingerprint density at radius 1 is 1.31 bits per heavy atom. The Balaban J connectivity index is 2.30. The zero-order valence-electron chi connectivity index (χ0n) is 14.6. The second-order valence-corrected chi connectivity index (χ2v) is 5.98. The highest BCUT2D eigenvalue weighted by Gasteiger charge is 2.23. The third kappa shape index (κ3) is 3.00. The van der Waals surface area contributed by atoms with Crippen LogP contribution in [0, 0.1) is 12.7 Å². The van der Waals surface area contributed by atoms with Crippen molar-refractivity contribution < 1.29 is 13.6 Å². The standard InChI is InChI=1S/C19H17FN4O2/c1-10-8-16-15(9-14(10)11(2)23-24-21)17(19(25)22-3)18(26-16)12-4-6-13(20)7-5-12/h4-9,11H,1-3H3,(H,22,25). The molecule has 1 amide bonds. The van der Waals surface area contributed by atoms with Crippen molar-refractivity contribution in [1.29, 1.82) is 0 Å². The molecule has 0 saturated carbocycles. The van der Waals surface area contributed by atoms with E-state index in [1.54, 1.807) is 19.1 Å². The average Bonchev–Trinajstić information content (AvgIpc) is 2.99. The van der Waals surface area contributed by atoms with E-state index in [4.69, 9.17) is 9.95 Å². The van der Waals surface area contributed by atoms with Gasteiger partial charge in [-0.3, -0.25) is 4.79 Å². The number of carbonyl (C=O) groups excluding carboxylic acids is 1. The van der Waals surface area contributed by atoms with Gasteiger partial charge in [-0.1, -0.05) is 12.0 Å². The zero-order chi connectivity index (χ0) is 18.8. The molecule has 1 heterocycles. The van der Waals surface area contributed by atoms with Crippen molar-refractivity contribution in [3.8, 4) is 11.3 Å². The van der Waals surface area contributed by atoms with Crippen LogP contribution >= 0.6 is 0 Å². The van der Waals surface area contributed by atoms with Gasteiger partial charge in [-0.25, -0.2) is 4.39 Å². The van der Waals surface area contributed by atoms with E-state index in [9.17, 15) is 9.18 Å². The van der Waals surface area contributed by atoms with Crippen LogP contribution in [0.25, 0.3) is 32.7 Å². The lowest BCUT2D eigenvalue weighted by molar-refractivity contribution is 0.0964. The SMILES string of the molecule is CNC(=O)c1c(-c2ccc(F)cc2)oc2cc(C)c(C(C)N=[N+]=[N-])cc12. The van der Waals surface area contributed by atoms with Crippen molar-refractivity contribution in [3.63, 3.8) is 0 Å². The number of aryl methyl sites for hydroxylation is 1. The van der Waals surface area contributed by atoms with E-state index in [-0.39, 0.29) is 17.8 Å². The van der Waals surface area contributed by atoms with Crippen molar-refractivity contribution in [2.24, 2.45) is 5.11 Å². The zero-order valence-corrected chi connectivity index (χ0v) is 14.6. The minimum atomic E-state index is -0.383. The summed E-state index contributed by atoms with van der Waals surface area (Å²) in [6, 6.07) is 9.00. The third-order valence-electron chi connectivity index (χ3n) is 4.31. The van der Waals surface area contributed by atoms with Gasteiger partial charge in [0.2, 0.25) is 0 Å². The van der Waals surface area contributed by atoms with Gasteiger partial charge in [0.15, 0.2) is 0 Å². The fraction of sp³-hybridized carbons (Fsp3) is 0.211. The number of halogens is 1. The summed E-state index contributed by atoms with van der Waals surface area (Å²) in [6.07, 6.45) is 0. The maximum Gasteiger partial charge on any atom is 0.255 e. The number of nitrogens with one attached hydrogen (secondary N) is 1. The topological polar surface area (TPSA) is 91.0 Å². The van der Waals surface area contributed by atoms with Crippen LogP contribution in [0.15, 0.2) is 45.9 Å². The van der Waals surface area contributed by atoms with E-state index < -0.39 is 0 Å². The van der Waals surface area contributed by atoms with E-state index in [0.29, 0.717) is 27.9 Å². The van der Waals surface area contributed by atoms with Crippen LogP contribution in [0.1, 0.15) is 34.5 Å². The summed E-state index contributed by atoms with van der Waals surface area (Å²) in [5.41, 5.74) is 11.9. The summed E-state index contributed by atoms with van der Waals surface area (Å²) in [4.78, 5) is 15.4. The molecular weight excluding hydrogens is 335 g/mol. The first-order valence-corrected chi connectivity index (χ1v) is 8.05. The Bertz CT molecular complexity index is 1030. The summed E-state index contributed by atoms with van der Waals surface area (Å²) in [7, 11) is 1.54. The summed E-state index contributed by atoms with van der Waals surface area (Å²) in [6.45, 7) is 3.67. The fourth-order valence-corrected chi connectivity index (χ4v) is 3.01. The van der Waals surface area contributed by atoms with Crippen LogP contribution in [0.4, 0.5) is 4.39 Å². The molecule has 1 N–H and O–H groups in total. The molecule has 3 rings (SSSR count).